The van der Waals surface area contributed by atoms with Gasteiger partial charge in [-0.05, 0) is 61.3 Å². The van der Waals surface area contributed by atoms with E-state index in [0.717, 1.165) is 50.5 Å². The van der Waals surface area contributed by atoms with Crippen molar-refractivity contribution in [1.29, 1.82) is 0 Å². The number of unbranched alkanes of at least 4 members (excludes halogenated alkanes) is 12. The summed E-state index contributed by atoms with van der Waals surface area (Å²) < 4.78 is 34.2. The number of hydrogen-bond donors (Lipinski definition) is 1. The van der Waals surface area contributed by atoms with Crippen LogP contribution < -0.4 is 0 Å². The van der Waals surface area contributed by atoms with Crippen molar-refractivity contribution in [2.45, 2.75) is 141 Å². The summed E-state index contributed by atoms with van der Waals surface area (Å²) in [6.45, 7) is 6.66. The van der Waals surface area contributed by atoms with Crippen molar-refractivity contribution in [2.75, 3.05) is 0 Å². The Hall–Kier alpha value is -0.870. The summed E-state index contributed by atoms with van der Waals surface area (Å²) in [5.41, 5.74) is 3.43. The van der Waals surface area contributed by atoms with E-state index >= 15 is 0 Å². The van der Waals surface area contributed by atoms with Crippen molar-refractivity contribution in [3.05, 3.63) is 28.8 Å². The molecule has 1 aromatic rings. The van der Waals surface area contributed by atoms with Crippen LogP contribution in [0.4, 0.5) is 0 Å². The molecule has 0 aliphatic rings. The van der Waals surface area contributed by atoms with Crippen LogP contribution in [0.5, 0.6) is 0 Å². The number of benzene rings is 1. The van der Waals surface area contributed by atoms with E-state index in [0.29, 0.717) is 0 Å². The molecule has 3 nitrogen and oxygen atoms in total. The Morgan fingerprint density at radius 2 is 1.00 bits per heavy atom. The van der Waals surface area contributed by atoms with Gasteiger partial charge in [0.15, 0.2) is 0 Å². The van der Waals surface area contributed by atoms with E-state index in [2.05, 4.69) is 20.8 Å². The Labute approximate surface area is 193 Å². The summed E-state index contributed by atoms with van der Waals surface area (Å²) in [6, 6.07) is 3.64. The first-order valence-corrected chi connectivity index (χ1v) is 14.5. The lowest BCUT2D eigenvalue weighted by Crippen LogP contribution is -2.10. The van der Waals surface area contributed by atoms with E-state index in [1.165, 1.54) is 81.8 Å². The fourth-order valence-corrected chi connectivity index (χ4v) is 5.29. The number of aryl methyl sites for hydroxylation is 1. The van der Waals surface area contributed by atoms with E-state index in [-0.39, 0.29) is 4.90 Å². The topological polar surface area (TPSA) is 54.4 Å². The molecule has 0 atom stereocenters. The molecule has 0 bridgehead atoms. The molecule has 0 amide bonds. The van der Waals surface area contributed by atoms with Gasteiger partial charge in [0, 0.05) is 0 Å². The molecule has 1 rings (SSSR count). The Morgan fingerprint density at radius 1 is 0.581 bits per heavy atom. The lowest BCUT2D eigenvalue weighted by Gasteiger charge is -2.18. The first kappa shape index (κ1) is 28.2. The zero-order chi connectivity index (χ0) is 23.0. The third-order valence-corrected chi connectivity index (χ3v) is 7.31. The average Bonchev–Trinajstić information content (AvgIpc) is 2.73. The van der Waals surface area contributed by atoms with Crippen molar-refractivity contribution in [2.24, 2.45) is 0 Å². The molecule has 0 aromatic heterocycles. The second kappa shape index (κ2) is 16.7. The van der Waals surface area contributed by atoms with E-state index in [1.54, 1.807) is 6.07 Å². The van der Waals surface area contributed by atoms with Crippen molar-refractivity contribution in [1.82, 2.24) is 0 Å². The van der Waals surface area contributed by atoms with Gasteiger partial charge < -0.3 is 0 Å². The van der Waals surface area contributed by atoms with Gasteiger partial charge in [-0.2, -0.15) is 8.42 Å². The number of hydrogen-bond acceptors (Lipinski definition) is 2. The lowest BCUT2D eigenvalue weighted by molar-refractivity contribution is 0.481. The minimum atomic E-state index is -4.19. The molecule has 180 valence electrons. The maximum absolute atomic E-state index is 12.2. The van der Waals surface area contributed by atoms with Crippen LogP contribution in [0, 0.1) is 0 Å². The van der Waals surface area contributed by atoms with Crippen LogP contribution in [0.15, 0.2) is 17.0 Å². The highest BCUT2D eigenvalue weighted by Gasteiger charge is 2.20. The molecule has 0 spiro atoms. The first-order valence-electron chi connectivity index (χ1n) is 13.1. The molecule has 4 heteroatoms. The van der Waals surface area contributed by atoms with E-state index in [9.17, 15) is 13.0 Å². The summed E-state index contributed by atoms with van der Waals surface area (Å²) in [5, 5.41) is 0. The molecule has 0 aliphatic heterocycles. The molecule has 0 heterocycles. The normalized spacial score (nSPS) is 11.9. The van der Waals surface area contributed by atoms with Gasteiger partial charge in [-0.1, -0.05) is 104 Å². The summed E-state index contributed by atoms with van der Waals surface area (Å²) in [6.07, 6.45) is 20.7. The standard InChI is InChI=1S/C27H48O3S/c1-4-7-10-13-16-19-24-22-23-27(31(28,29)30)26(21-18-15-12-9-6-3)25(24)20-17-14-11-8-5-2/h22-23H,4-21H2,1-3H3,(H,28,29,30). The summed E-state index contributed by atoms with van der Waals surface area (Å²) >= 11 is 0. The van der Waals surface area contributed by atoms with Gasteiger partial charge in [-0.3, -0.25) is 4.55 Å². The molecular weight excluding hydrogens is 404 g/mol. The summed E-state index contributed by atoms with van der Waals surface area (Å²) in [5.74, 6) is 0. The zero-order valence-electron chi connectivity index (χ0n) is 20.6. The molecule has 0 saturated heterocycles. The van der Waals surface area contributed by atoms with Gasteiger partial charge in [0.2, 0.25) is 0 Å². The van der Waals surface area contributed by atoms with Crippen LogP contribution in [-0.4, -0.2) is 13.0 Å². The fraction of sp³-hybridized carbons (Fsp3) is 0.778. The Bertz CT molecular complexity index is 695. The minimum Gasteiger partial charge on any atom is -0.282 e. The van der Waals surface area contributed by atoms with Crippen LogP contribution in [0.25, 0.3) is 0 Å². The Kier molecular flexibility index (Phi) is 15.2. The molecule has 31 heavy (non-hydrogen) atoms. The summed E-state index contributed by atoms with van der Waals surface area (Å²) in [4.78, 5) is 0.154. The van der Waals surface area contributed by atoms with Gasteiger partial charge in [0.25, 0.3) is 10.1 Å². The molecular formula is C27H48O3S. The monoisotopic (exact) mass is 452 g/mol. The largest absolute Gasteiger partial charge is 0.294 e. The highest BCUT2D eigenvalue weighted by molar-refractivity contribution is 7.85. The number of rotatable bonds is 19. The molecule has 0 fully saturated rings. The van der Waals surface area contributed by atoms with Gasteiger partial charge in [-0.15, -0.1) is 0 Å². The van der Waals surface area contributed by atoms with Crippen LogP contribution in [0.2, 0.25) is 0 Å². The lowest BCUT2D eigenvalue weighted by atomic mass is 9.90. The molecule has 0 radical (unpaired) electrons. The van der Waals surface area contributed by atoms with Crippen molar-refractivity contribution in [3.63, 3.8) is 0 Å². The van der Waals surface area contributed by atoms with Gasteiger partial charge in [-0.25, -0.2) is 0 Å². The quantitative estimate of drug-likeness (QED) is 0.169. The molecule has 0 saturated carbocycles. The van der Waals surface area contributed by atoms with Crippen LogP contribution in [0.1, 0.15) is 134 Å². The second-order valence-corrected chi connectivity index (χ2v) is 10.5. The van der Waals surface area contributed by atoms with Crippen LogP contribution in [0.3, 0.4) is 0 Å². The van der Waals surface area contributed by atoms with E-state index in [1.807, 2.05) is 6.07 Å². The van der Waals surface area contributed by atoms with Crippen molar-refractivity contribution < 1.29 is 13.0 Å². The average molecular weight is 453 g/mol. The Morgan fingerprint density at radius 3 is 1.45 bits per heavy atom. The predicted molar refractivity (Wildman–Crippen MR) is 134 cm³/mol. The second-order valence-electron chi connectivity index (χ2n) is 9.15. The SMILES string of the molecule is CCCCCCCc1ccc(S(=O)(=O)O)c(CCCCCCC)c1CCCCCCC. The molecule has 1 aromatic carbocycles. The minimum absolute atomic E-state index is 0.154. The smallest absolute Gasteiger partial charge is 0.282 e. The molecule has 0 unspecified atom stereocenters. The highest BCUT2D eigenvalue weighted by Crippen LogP contribution is 2.29. The molecule has 1 N–H and O–H groups in total. The van der Waals surface area contributed by atoms with Crippen LogP contribution in [-0.2, 0) is 29.4 Å². The first-order chi connectivity index (χ1) is 15.0. The van der Waals surface area contributed by atoms with Gasteiger partial charge in [0.1, 0.15) is 0 Å². The Balaban J connectivity index is 3.05. The van der Waals surface area contributed by atoms with Crippen molar-refractivity contribution in [3.8, 4) is 0 Å². The predicted octanol–water partition coefficient (Wildman–Crippen LogP) is 8.47. The van der Waals surface area contributed by atoms with Gasteiger partial charge >= 0.3 is 0 Å². The van der Waals surface area contributed by atoms with Gasteiger partial charge in [0.05, 0.1) is 4.90 Å². The third kappa shape index (κ3) is 11.5. The maximum atomic E-state index is 12.2. The zero-order valence-corrected chi connectivity index (χ0v) is 21.4. The molecule has 0 aliphatic carbocycles. The fourth-order valence-electron chi connectivity index (χ4n) is 4.51. The highest BCUT2D eigenvalue weighted by atomic mass is 32.2. The maximum Gasteiger partial charge on any atom is 0.294 e. The van der Waals surface area contributed by atoms with E-state index < -0.39 is 10.1 Å². The van der Waals surface area contributed by atoms with Crippen molar-refractivity contribution >= 4 is 10.1 Å². The third-order valence-electron chi connectivity index (χ3n) is 6.37. The summed E-state index contributed by atoms with van der Waals surface area (Å²) in [7, 11) is -4.19. The van der Waals surface area contributed by atoms with E-state index in [4.69, 9.17) is 0 Å². The van der Waals surface area contributed by atoms with Crippen LogP contribution >= 0.6 is 0 Å².